The zero-order chi connectivity index (χ0) is 19.9. The standard InChI is InChI=1S/C19H26N4O3S2/c1-19(2)4-3-13-11(9-19)14(17(24)25)16(27-13)15-12(10-21-20)22-18(28-15)23-5-7-26-8-6-23/h21H,3-10,20H2,1-2H3,(H,24,25). The number of morpholine rings is 1. The number of aryl methyl sites for hydroxylation is 1. The van der Waals surface area contributed by atoms with E-state index in [9.17, 15) is 9.90 Å². The molecule has 0 saturated carbocycles. The van der Waals surface area contributed by atoms with Crippen molar-refractivity contribution in [3.63, 3.8) is 0 Å². The van der Waals surface area contributed by atoms with Gasteiger partial charge in [0.15, 0.2) is 5.13 Å². The minimum atomic E-state index is -0.849. The zero-order valence-corrected chi connectivity index (χ0v) is 17.8. The van der Waals surface area contributed by atoms with Gasteiger partial charge in [0.05, 0.1) is 40.8 Å². The molecule has 3 heterocycles. The summed E-state index contributed by atoms with van der Waals surface area (Å²) in [6, 6.07) is 0. The fourth-order valence-corrected chi connectivity index (χ4v) is 6.53. The number of fused-ring (bicyclic) bond motifs is 1. The minimum Gasteiger partial charge on any atom is -0.478 e. The summed E-state index contributed by atoms with van der Waals surface area (Å²) in [4.78, 5) is 22.2. The lowest BCUT2D eigenvalue weighted by Crippen LogP contribution is -2.36. The number of aromatic nitrogens is 1. The average molecular weight is 423 g/mol. The maximum absolute atomic E-state index is 12.2. The van der Waals surface area contributed by atoms with Crippen LogP contribution in [0.4, 0.5) is 5.13 Å². The van der Waals surface area contributed by atoms with E-state index in [-0.39, 0.29) is 5.41 Å². The lowest BCUT2D eigenvalue weighted by atomic mass is 9.76. The van der Waals surface area contributed by atoms with Gasteiger partial charge in [0, 0.05) is 18.0 Å². The van der Waals surface area contributed by atoms with Crippen molar-refractivity contribution in [2.75, 3.05) is 31.2 Å². The number of carbonyl (C=O) groups is 1. The first-order valence-corrected chi connectivity index (χ1v) is 11.2. The van der Waals surface area contributed by atoms with Gasteiger partial charge >= 0.3 is 5.97 Å². The Bertz CT molecular complexity index is 884. The summed E-state index contributed by atoms with van der Waals surface area (Å²) in [6.45, 7) is 7.79. The van der Waals surface area contributed by atoms with Gasteiger partial charge in [-0.2, -0.15) is 0 Å². The highest BCUT2D eigenvalue weighted by atomic mass is 32.1. The van der Waals surface area contributed by atoms with Crippen molar-refractivity contribution in [3.8, 4) is 9.75 Å². The number of thiazole rings is 1. The van der Waals surface area contributed by atoms with Crippen molar-refractivity contribution in [3.05, 3.63) is 21.7 Å². The molecule has 0 unspecified atom stereocenters. The monoisotopic (exact) mass is 422 g/mol. The number of carboxylic acids is 1. The van der Waals surface area contributed by atoms with Crippen molar-refractivity contribution >= 4 is 33.8 Å². The van der Waals surface area contributed by atoms with Crippen LogP contribution in [0, 0.1) is 5.41 Å². The highest BCUT2D eigenvalue weighted by Gasteiger charge is 2.34. The number of hydrogen-bond acceptors (Lipinski definition) is 8. The van der Waals surface area contributed by atoms with Gasteiger partial charge in [0.1, 0.15) is 0 Å². The third-order valence-corrected chi connectivity index (χ3v) is 8.05. The molecule has 0 aromatic carbocycles. The van der Waals surface area contributed by atoms with E-state index in [1.165, 1.54) is 4.88 Å². The second-order valence-electron chi connectivity index (χ2n) is 8.11. The van der Waals surface area contributed by atoms with E-state index >= 15 is 0 Å². The summed E-state index contributed by atoms with van der Waals surface area (Å²) >= 11 is 3.19. The molecule has 2 aromatic heterocycles. The molecule has 0 spiro atoms. The number of rotatable bonds is 5. The van der Waals surface area contributed by atoms with Crippen molar-refractivity contribution in [2.45, 2.75) is 39.7 Å². The van der Waals surface area contributed by atoms with Crippen molar-refractivity contribution < 1.29 is 14.6 Å². The molecule has 152 valence electrons. The van der Waals surface area contributed by atoms with E-state index in [1.54, 1.807) is 22.7 Å². The molecule has 1 aliphatic carbocycles. The normalized spacial score (nSPS) is 18.9. The number of thiophene rings is 1. The molecule has 9 heteroatoms. The van der Waals surface area contributed by atoms with Gasteiger partial charge in [-0.3, -0.25) is 11.3 Å². The Morgan fingerprint density at radius 1 is 1.32 bits per heavy atom. The van der Waals surface area contributed by atoms with E-state index in [0.29, 0.717) is 25.3 Å². The van der Waals surface area contributed by atoms with Crippen LogP contribution >= 0.6 is 22.7 Å². The number of anilines is 1. The van der Waals surface area contributed by atoms with Crippen molar-refractivity contribution in [2.24, 2.45) is 11.3 Å². The van der Waals surface area contributed by atoms with Gasteiger partial charge in [-0.15, -0.1) is 11.3 Å². The summed E-state index contributed by atoms with van der Waals surface area (Å²) in [5.74, 6) is 4.75. The van der Waals surface area contributed by atoms with Gasteiger partial charge < -0.3 is 14.7 Å². The number of aromatic carboxylic acids is 1. The molecule has 7 nitrogen and oxygen atoms in total. The first-order valence-electron chi connectivity index (χ1n) is 9.53. The Morgan fingerprint density at radius 2 is 2.07 bits per heavy atom. The van der Waals surface area contributed by atoms with Crippen LogP contribution in [-0.2, 0) is 24.1 Å². The lowest BCUT2D eigenvalue weighted by molar-refractivity contribution is 0.0696. The number of nitrogens with one attached hydrogen (secondary N) is 1. The molecule has 0 atom stereocenters. The van der Waals surface area contributed by atoms with E-state index in [1.807, 2.05) is 0 Å². The Hall–Kier alpha value is -1.52. The summed E-state index contributed by atoms with van der Waals surface area (Å²) < 4.78 is 5.44. The van der Waals surface area contributed by atoms with Gasteiger partial charge in [0.2, 0.25) is 0 Å². The largest absolute Gasteiger partial charge is 0.478 e. The molecule has 1 fully saturated rings. The molecule has 1 aliphatic heterocycles. The molecule has 2 aliphatic rings. The van der Waals surface area contributed by atoms with Crippen LogP contribution in [0.25, 0.3) is 9.75 Å². The van der Waals surface area contributed by atoms with Crippen molar-refractivity contribution in [1.82, 2.24) is 10.4 Å². The fraction of sp³-hybridized carbons (Fsp3) is 0.579. The SMILES string of the molecule is CC1(C)CCc2sc(-c3sc(N4CCOCC4)nc3CNN)c(C(=O)O)c2C1. The van der Waals surface area contributed by atoms with E-state index in [4.69, 9.17) is 15.6 Å². The van der Waals surface area contributed by atoms with Crippen LogP contribution < -0.4 is 16.2 Å². The number of nitrogens with zero attached hydrogens (tertiary/aromatic N) is 2. The zero-order valence-electron chi connectivity index (χ0n) is 16.2. The van der Waals surface area contributed by atoms with Crippen LogP contribution in [0.5, 0.6) is 0 Å². The average Bonchev–Trinajstić information content (AvgIpc) is 3.23. The number of hydrazine groups is 1. The highest BCUT2D eigenvalue weighted by molar-refractivity contribution is 7.24. The van der Waals surface area contributed by atoms with Gasteiger partial charge in [-0.1, -0.05) is 25.2 Å². The fourth-order valence-electron chi connectivity index (χ4n) is 3.93. The molecule has 4 N–H and O–H groups in total. The van der Waals surface area contributed by atoms with Crippen LogP contribution in [0.2, 0.25) is 0 Å². The van der Waals surface area contributed by atoms with Gasteiger partial charge in [0.25, 0.3) is 0 Å². The Balaban J connectivity index is 1.81. The molecular weight excluding hydrogens is 396 g/mol. The second-order valence-corrected chi connectivity index (χ2v) is 10.2. The Labute approximate surface area is 172 Å². The first-order chi connectivity index (χ1) is 13.4. The smallest absolute Gasteiger partial charge is 0.337 e. The maximum Gasteiger partial charge on any atom is 0.337 e. The number of hydrogen-bond donors (Lipinski definition) is 3. The second kappa shape index (κ2) is 7.72. The molecule has 2 aromatic rings. The van der Waals surface area contributed by atoms with E-state index in [2.05, 4.69) is 24.2 Å². The van der Waals surface area contributed by atoms with Crippen LogP contribution in [0.3, 0.4) is 0 Å². The summed E-state index contributed by atoms with van der Waals surface area (Å²) in [6.07, 6.45) is 2.82. The summed E-state index contributed by atoms with van der Waals surface area (Å²) in [5.41, 5.74) is 5.11. The minimum absolute atomic E-state index is 0.129. The molecule has 4 rings (SSSR count). The maximum atomic E-state index is 12.2. The lowest BCUT2D eigenvalue weighted by Gasteiger charge is -2.29. The number of nitrogens with two attached hydrogens (primary N) is 1. The summed E-state index contributed by atoms with van der Waals surface area (Å²) in [7, 11) is 0. The highest BCUT2D eigenvalue weighted by Crippen LogP contribution is 2.48. The van der Waals surface area contributed by atoms with Crippen molar-refractivity contribution in [1.29, 1.82) is 0 Å². The predicted octanol–water partition coefficient (Wildman–Crippen LogP) is 2.88. The molecule has 1 saturated heterocycles. The summed E-state index contributed by atoms with van der Waals surface area (Å²) in [5, 5.41) is 11.0. The quantitative estimate of drug-likeness (QED) is 0.503. The molecule has 28 heavy (non-hydrogen) atoms. The Kier molecular flexibility index (Phi) is 5.45. The Morgan fingerprint density at radius 3 is 2.75 bits per heavy atom. The first kappa shape index (κ1) is 19.8. The van der Waals surface area contributed by atoms with Crippen LogP contribution in [0.1, 0.15) is 46.8 Å². The predicted molar refractivity (Wildman–Crippen MR) is 112 cm³/mol. The topological polar surface area (TPSA) is 101 Å². The molecule has 0 radical (unpaired) electrons. The third kappa shape index (κ3) is 3.69. The molecular formula is C19H26N4O3S2. The number of carboxylic acid groups (broad SMARTS) is 1. The van der Waals surface area contributed by atoms with E-state index in [0.717, 1.165) is 58.5 Å². The van der Waals surface area contributed by atoms with E-state index < -0.39 is 5.97 Å². The number of ether oxygens (including phenoxy) is 1. The van der Waals surface area contributed by atoms with Crippen LogP contribution in [-0.4, -0.2) is 42.4 Å². The molecule has 0 bridgehead atoms. The van der Waals surface area contributed by atoms with Gasteiger partial charge in [-0.25, -0.2) is 9.78 Å². The van der Waals surface area contributed by atoms with Gasteiger partial charge in [-0.05, 0) is 30.2 Å². The third-order valence-electron chi connectivity index (χ3n) is 5.43. The molecule has 0 amide bonds. The van der Waals surface area contributed by atoms with Crippen LogP contribution in [0.15, 0.2) is 0 Å².